The second-order valence-electron chi connectivity index (χ2n) is 8.87. The van der Waals surface area contributed by atoms with Gasteiger partial charge in [-0.05, 0) is 39.7 Å². The number of halogens is 1. The Morgan fingerprint density at radius 3 is 2.85 bits per heavy atom. The molecule has 3 aliphatic rings. The van der Waals surface area contributed by atoms with Crippen molar-refractivity contribution in [3.8, 4) is 5.75 Å². The molecule has 0 aromatic heterocycles. The topological polar surface area (TPSA) is 68.0 Å². The van der Waals surface area contributed by atoms with Crippen LogP contribution < -0.4 is 15.4 Å². The Morgan fingerprint density at radius 1 is 1.33 bits per heavy atom. The maximum atomic E-state index is 14.6. The van der Waals surface area contributed by atoms with Crippen LogP contribution in [0.15, 0.2) is 12.1 Å². The van der Waals surface area contributed by atoms with Gasteiger partial charge in [0.1, 0.15) is 23.8 Å². The van der Waals surface area contributed by atoms with E-state index in [1.165, 1.54) is 0 Å². The lowest BCUT2D eigenvalue weighted by Gasteiger charge is -2.30. The van der Waals surface area contributed by atoms with E-state index < -0.39 is 5.60 Å². The molecule has 3 heterocycles. The fourth-order valence-corrected chi connectivity index (χ4v) is 4.37. The van der Waals surface area contributed by atoms with Crippen LogP contribution in [-0.4, -0.2) is 54.9 Å². The lowest BCUT2D eigenvalue weighted by molar-refractivity contribution is 0.0284. The monoisotopic (exact) mass is 377 g/mol. The summed E-state index contributed by atoms with van der Waals surface area (Å²) in [7, 11) is 0. The van der Waals surface area contributed by atoms with E-state index in [0.717, 1.165) is 18.7 Å². The first-order valence-corrected chi connectivity index (χ1v) is 9.66. The van der Waals surface area contributed by atoms with E-state index >= 15 is 0 Å². The molecule has 0 spiro atoms. The minimum atomic E-state index is -0.506. The van der Waals surface area contributed by atoms with Crippen molar-refractivity contribution >= 4 is 11.8 Å². The molecule has 1 aromatic carbocycles. The first kappa shape index (κ1) is 18.3. The minimum Gasteiger partial charge on any atom is -0.491 e. The number of anilines is 1. The van der Waals surface area contributed by atoms with Crippen LogP contribution >= 0.6 is 0 Å². The van der Waals surface area contributed by atoms with Gasteiger partial charge in [-0.25, -0.2) is 9.18 Å². The molecule has 0 saturated carbocycles. The van der Waals surface area contributed by atoms with Crippen molar-refractivity contribution in [1.82, 2.24) is 4.90 Å². The summed E-state index contributed by atoms with van der Waals surface area (Å²) in [5.41, 5.74) is 6.76. The molecule has 27 heavy (non-hydrogen) atoms. The molecule has 2 saturated heterocycles. The summed E-state index contributed by atoms with van der Waals surface area (Å²) in [6, 6.07) is 3.52. The van der Waals surface area contributed by atoms with Crippen LogP contribution in [0.5, 0.6) is 5.75 Å². The number of benzene rings is 1. The van der Waals surface area contributed by atoms with E-state index in [9.17, 15) is 9.18 Å². The highest BCUT2D eigenvalue weighted by Crippen LogP contribution is 2.39. The fourth-order valence-electron chi connectivity index (χ4n) is 4.37. The normalized spacial score (nSPS) is 27.2. The number of nitrogens with zero attached hydrogens (tertiary/aromatic N) is 2. The van der Waals surface area contributed by atoms with Crippen molar-refractivity contribution < 1.29 is 18.7 Å². The molecule has 2 N–H and O–H groups in total. The third kappa shape index (κ3) is 3.57. The molecule has 0 aliphatic carbocycles. The molecule has 6 nitrogen and oxygen atoms in total. The molecule has 148 valence electrons. The Balaban J connectivity index is 1.51. The third-order valence-corrected chi connectivity index (χ3v) is 5.59. The average molecular weight is 377 g/mol. The number of carbonyl (C=O) groups excluding carboxylic acids is 1. The lowest BCUT2D eigenvalue weighted by atomic mass is 10.0. The molecule has 4 rings (SSSR count). The van der Waals surface area contributed by atoms with Crippen molar-refractivity contribution in [3.63, 3.8) is 0 Å². The quantitative estimate of drug-likeness (QED) is 0.815. The highest BCUT2D eigenvalue weighted by Gasteiger charge is 2.44. The number of amides is 1. The van der Waals surface area contributed by atoms with Crippen molar-refractivity contribution in [1.29, 1.82) is 0 Å². The predicted molar refractivity (Wildman–Crippen MR) is 101 cm³/mol. The zero-order chi connectivity index (χ0) is 19.3. The van der Waals surface area contributed by atoms with Gasteiger partial charge in [0.05, 0.1) is 6.04 Å². The number of ether oxygens (including phenoxy) is 2. The van der Waals surface area contributed by atoms with Crippen LogP contribution in [0.3, 0.4) is 0 Å². The highest BCUT2D eigenvalue weighted by molar-refractivity contribution is 5.69. The second kappa shape index (κ2) is 6.55. The number of fused-ring (bicyclic) bond motifs is 2. The zero-order valence-electron chi connectivity index (χ0n) is 16.2. The van der Waals surface area contributed by atoms with Gasteiger partial charge >= 0.3 is 6.09 Å². The standard InChI is InChI=1S/C20H28FN3O3/c1-20(2,3)27-19(25)23-9-12-4-5-24(17(12)10-23)14-7-16(21)15-6-13(22)11-26-18(15)8-14/h7-8,12-13,17H,4-6,9-11,22H2,1-3H3/t12-,13+,17+/m0/s1. The van der Waals surface area contributed by atoms with Gasteiger partial charge in [0.25, 0.3) is 0 Å². The van der Waals surface area contributed by atoms with E-state index in [1.807, 2.05) is 26.8 Å². The van der Waals surface area contributed by atoms with Crippen molar-refractivity contribution in [2.45, 2.75) is 51.3 Å². The van der Waals surface area contributed by atoms with Crippen LogP contribution in [0.25, 0.3) is 0 Å². The first-order chi connectivity index (χ1) is 12.7. The van der Waals surface area contributed by atoms with E-state index in [2.05, 4.69) is 4.90 Å². The molecule has 3 atom stereocenters. The molecule has 0 radical (unpaired) electrons. The summed E-state index contributed by atoms with van der Waals surface area (Å²) in [5, 5.41) is 0. The summed E-state index contributed by atoms with van der Waals surface area (Å²) in [5.74, 6) is 0.714. The van der Waals surface area contributed by atoms with Gasteiger partial charge < -0.3 is 25.0 Å². The van der Waals surface area contributed by atoms with Gasteiger partial charge in [-0.15, -0.1) is 0 Å². The summed E-state index contributed by atoms with van der Waals surface area (Å²) >= 11 is 0. The van der Waals surface area contributed by atoms with Crippen LogP contribution in [0.2, 0.25) is 0 Å². The number of nitrogens with two attached hydrogens (primary N) is 1. The van der Waals surface area contributed by atoms with Gasteiger partial charge in [0, 0.05) is 48.9 Å². The van der Waals surface area contributed by atoms with Crippen LogP contribution in [-0.2, 0) is 11.2 Å². The SMILES string of the molecule is CC(C)(C)OC(=O)N1C[C@@H]2CCN(c3cc(F)c4c(c3)OC[C@H](N)C4)[C@@H]2C1. The number of carbonyl (C=O) groups is 1. The number of hydrogen-bond acceptors (Lipinski definition) is 5. The van der Waals surface area contributed by atoms with Crippen molar-refractivity contribution in [2.75, 3.05) is 31.1 Å². The highest BCUT2D eigenvalue weighted by atomic mass is 19.1. The summed E-state index contributed by atoms with van der Waals surface area (Å²) in [4.78, 5) is 16.4. The maximum Gasteiger partial charge on any atom is 0.410 e. The molecule has 2 fully saturated rings. The van der Waals surface area contributed by atoms with Crippen molar-refractivity contribution in [2.24, 2.45) is 11.7 Å². The molecular weight excluding hydrogens is 349 g/mol. The molecule has 0 unspecified atom stereocenters. The molecule has 7 heteroatoms. The minimum absolute atomic E-state index is 0.161. The third-order valence-electron chi connectivity index (χ3n) is 5.59. The summed E-state index contributed by atoms with van der Waals surface area (Å²) in [6.45, 7) is 8.17. The average Bonchev–Trinajstić information content (AvgIpc) is 3.14. The lowest BCUT2D eigenvalue weighted by Crippen LogP contribution is -2.39. The van der Waals surface area contributed by atoms with Crippen molar-refractivity contribution in [3.05, 3.63) is 23.5 Å². The Labute approximate surface area is 159 Å². The van der Waals surface area contributed by atoms with Gasteiger partial charge in [-0.1, -0.05) is 0 Å². The maximum absolute atomic E-state index is 14.6. The first-order valence-electron chi connectivity index (χ1n) is 9.66. The summed E-state index contributed by atoms with van der Waals surface area (Å²) in [6.07, 6.45) is 1.21. The second-order valence-corrected chi connectivity index (χ2v) is 8.87. The number of likely N-dealkylation sites (tertiary alicyclic amines) is 1. The van der Waals surface area contributed by atoms with Crippen LogP contribution in [0.4, 0.5) is 14.9 Å². The molecule has 3 aliphatic heterocycles. The fraction of sp³-hybridized carbons (Fsp3) is 0.650. The molecule has 1 aromatic rings. The van der Waals surface area contributed by atoms with E-state index in [4.69, 9.17) is 15.2 Å². The predicted octanol–water partition coefficient (Wildman–Crippen LogP) is 2.53. The smallest absolute Gasteiger partial charge is 0.410 e. The molecular formula is C20H28FN3O3. The number of rotatable bonds is 1. The van der Waals surface area contributed by atoms with Gasteiger partial charge in [0.15, 0.2) is 0 Å². The Hall–Kier alpha value is -2.02. The van der Waals surface area contributed by atoms with E-state index in [-0.39, 0.29) is 24.0 Å². The Kier molecular flexibility index (Phi) is 4.45. The number of hydrogen-bond donors (Lipinski definition) is 1. The molecule has 1 amide bonds. The van der Waals surface area contributed by atoms with E-state index in [1.54, 1.807) is 11.0 Å². The summed E-state index contributed by atoms with van der Waals surface area (Å²) < 4.78 is 25.8. The van der Waals surface area contributed by atoms with Gasteiger partial charge in [-0.3, -0.25) is 0 Å². The van der Waals surface area contributed by atoms with Crippen LogP contribution in [0, 0.1) is 11.7 Å². The molecule has 0 bridgehead atoms. The Bertz CT molecular complexity index is 749. The van der Waals surface area contributed by atoms with E-state index in [0.29, 0.717) is 43.3 Å². The largest absolute Gasteiger partial charge is 0.491 e. The van der Waals surface area contributed by atoms with Crippen LogP contribution in [0.1, 0.15) is 32.8 Å². The van der Waals surface area contributed by atoms with Gasteiger partial charge in [-0.2, -0.15) is 0 Å². The Morgan fingerprint density at radius 2 is 2.11 bits per heavy atom. The zero-order valence-corrected chi connectivity index (χ0v) is 16.2. The van der Waals surface area contributed by atoms with Gasteiger partial charge in [0.2, 0.25) is 0 Å².